The van der Waals surface area contributed by atoms with Crippen LogP contribution in [-0.2, 0) is 0 Å². The van der Waals surface area contributed by atoms with Crippen molar-refractivity contribution in [1.82, 2.24) is 0 Å². The standard InChI is InChI=1S/C10H14O4S4/c15-3-11-7-1-8(12-4-16)10(14-6-18)9(2-7)13-5-17/h1-2,15-18H,3-6H2. The Morgan fingerprint density at radius 1 is 0.667 bits per heavy atom. The molecule has 0 atom stereocenters. The van der Waals surface area contributed by atoms with Crippen LogP contribution in [-0.4, -0.2) is 23.8 Å². The van der Waals surface area contributed by atoms with Gasteiger partial charge in [0.15, 0.2) is 11.5 Å². The predicted molar refractivity (Wildman–Crippen MR) is 84.4 cm³/mol. The lowest BCUT2D eigenvalue weighted by Crippen LogP contribution is -2.02. The van der Waals surface area contributed by atoms with Crippen LogP contribution in [0.4, 0.5) is 0 Å². The molecule has 0 N–H and O–H groups in total. The van der Waals surface area contributed by atoms with E-state index in [1.165, 1.54) is 0 Å². The van der Waals surface area contributed by atoms with E-state index in [0.29, 0.717) is 23.0 Å². The highest BCUT2D eigenvalue weighted by Crippen LogP contribution is 2.41. The molecule has 0 saturated heterocycles. The molecule has 8 heteroatoms. The molecule has 0 amide bonds. The number of hydrogen-bond donors (Lipinski definition) is 4. The third-order valence-corrected chi connectivity index (χ3v) is 2.39. The van der Waals surface area contributed by atoms with Crippen LogP contribution in [0.2, 0.25) is 0 Å². The fourth-order valence-corrected chi connectivity index (χ4v) is 1.83. The van der Waals surface area contributed by atoms with Gasteiger partial charge in [-0.25, -0.2) is 0 Å². The van der Waals surface area contributed by atoms with E-state index < -0.39 is 0 Å². The molecule has 0 saturated carbocycles. The largest absolute Gasteiger partial charge is 0.483 e. The van der Waals surface area contributed by atoms with E-state index in [1.807, 2.05) is 0 Å². The van der Waals surface area contributed by atoms with Gasteiger partial charge < -0.3 is 18.9 Å². The van der Waals surface area contributed by atoms with Gasteiger partial charge in [0.1, 0.15) is 29.5 Å². The highest BCUT2D eigenvalue weighted by molar-refractivity contribution is 7.80. The number of rotatable bonds is 8. The summed E-state index contributed by atoms with van der Waals surface area (Å²) < 4.78 is 21.4. The molecule has 0 radical (unpaired) electrons. The van der Waals surface area contributed by atoms with Gasteiger partial charge in [-0.2, -0.15) is 0 Å². The normalized spacial score (nSPS) is 10.0. The molecule has 0 spiro atoms. The van der Waals surface area contributed by atoms with Crippen LogP contribution in [0, 0.1) is 0 Å². The topological polar surface area (TPSA) is 36.9 Å². The maximum atomic E-state index is 5.38. The fraction of sp³-hybridized carbons (Fsp3) is 0.400. The van der Waals surface area contributed by atoms with Gasteiger partial charge >= 0.3 is 0 Å². The van der Waals surface area contributed by atoms with Crippen molar-refractivity contribution in [1.29, 1.82) is 0 Å². The smallest absolute Gasteiger partial charge is 0.204 e. The Hall–Kier alpha value is -0.180. The first-order valence-corrected chi connectivity index (χ1v) is 7.42. The quantitative estimate of drug-likeness (QED) is 0.438. The van der Waals surface area contributed by atoms with Crippen molar-refractivity contribution < 1.29 is 18.9 Å². The highest BCUT2D eigenvalue weighted by atomic mass is 32.1. The van der Waals surface area contributed by atoms with E-state index in [2.05, 4.69) is 50.5 Å². The number of thiol groups is 4. The van der Waals surface area contributed by atoms with Gasteiger partial charge in [-0.3, -0.25) is 0 Å². The molecule has 102 valence electrons. The number of ether oxygens (including phenoxy) is 4. The summed E-state index contributed by atoms with van der Waals surface area (Å²) in [5.41, 5.74) is 0. The van der Waals surface area contributed by atoms with Crippen molar-refractivity contribution in [2.24, 2.45) is 0 Å². The maximum Gasteiger partial charge on any atom is 0.204 e. The Labute approximate surface area is 128 Å². The van der Waals surface area contributed by atoms with Crippen molar-refractivity contribution in [3.05, 3.63) is 12.1 Å². The van der Waals surface area contributed by atoms with E-state index in [4.69, 9.17) is 18.9 Å². The Balaban J connectivity index is 3.15. The number of benzene rings is 1. The molecule has 0 aliphatic carbocycles. The first-order valence-electron chi connectivity index (χ1n) is 4.89. The second kappa shape index (κ2) is 8.84. The molecule has 18 heavy (non-hydrogen) atoms. The second-order valence-corrected chi connectivity index (χ2v) is 3.88. The van der Waals surface area contributed by atoms with Crippen LogP contribution < -0.4 is 18.9 Å². The lowest BCUT2D eigenvalue weighted by molar-refractivity contribution is 0.301. The van der Waals surface area contributed by atoms with E-state index in [9.17, 15) is 0 Å². The summed E-state index contributed by atoms with van der Waals surface area (Å²) in [6.07, 6.45) is 0. The van der Waals surface area contributed by atoms with Crippen LogP contribution in [0.3, 0.4) is 0 Å². The van der Waals surface area contributed by atoms with Crippen LogP contribution in [0.5, 0.6) is 23.0 Å². The Kier molecular flexibility index (Phi) is 7.80. The summed E-state index contributed by atoms with van der Waals surface area (Å²) in [6.45, 7) is 0. The van der Waals surface area contributed by atoms with E-state index in [-0.39, 0.29) is 23.8 Å². The average Bonchev–Trinajstić information content (AvgIpc) is 2.34. The van der Waals surface area contributed by atoms with Crippen LogP contribution in [0.1, 0.15) is 0 Å². The fourth-order valence-electron chi connectivity index (χ4n) is 1.27. The Morgan fingerprint density at radius 3 is 1.50 bits per heavy atom. The molecule has 0 unspecified atom stereocenters. The van der Waals surface area contributed by atoms with Gasteiger partial charge in [0.2, 0.25) is 5.75 Å². The zero-order valence-electron chi connectivity index (χ0n) is 9.40. The zero-order chi connectivity index (χ0) is 13.4. The molecule has 0 aliphatic rings. The predicted octanol–water partition coefficient (Wildman–Crippen LogP) is 2.75. The molecule has 0 heterocycles. The van der Waals surface area contributed by atoms with Crippen LogP contribution in [0.25, 0.3) is 0 Å². The summed E-state index contributed by atoms with van der Waals surface area (Å²) >= 11 is 16.0. The molecule has 1 rings (SSSR count). The maximum absolute atomic E-state index is 5.38. The van der Waals surface area contributed by atoms with Gasteiger partial charge in [0.25, 0.3) is 0 Å². The Bertz CT molecular complexity index is 348. The van der Waals surface area contributed by atoms with Crippen LogP contribution >= 0.6 is 50.5 Å². The third-order valence-electron chi connectivity index (χ3n) is 1.87. The first-order chi connectivity index (χ1) is 8.76. The molecular formula is C10H14O4S4. The summed E-state index contributed by atoms with van der Waals surface area (Å²) in [5, 5.41) is 0. The minimum atomic E-state index is 0.193. The van der Waals surface area contributed by atoms with Gasteiger partial charge in [0, 0.05) is 12.1 Å². The number of hydrogen-bond acceptors (Lipinski definition) is 8. The molecule has 0 aromatic heterocycles. The second-order valence-electron chi connectivity index (χ2n) is 2.84. The zero-order valence-corrected chi connectivity index (χ0v) is 13.0. The first kappa shape index (κ1) is 15.9. The van der Waals surface area contributed by atoms with Gasteiger partial charge in [0.05, 0.1) is 0 Å². The van der Waals surface area contributed by atoms with Gasteiger partial charge in [-0.1, -0.05) is 0 Å². The SMILES string of the molecule is SCOc1cc(OCS)c(OCS)c(OCS)c1. The lowest BCUT2D eigenvalue weighted by Gasteiger charge is -2.16. The minimum Gasteiger partial charge on any atom is -0.483 e. The van der Waals surface area contributed by atoms with Crippen LogP contribution in [0.15, 0.2) is 12.1 Å². The van der Waals surface area contributed by atoms with Gasteiger partial charge in [-0.05, 0) is 0 Å². The van der Waals surface area contributed by atoms with Gasteiger partial charge in [-0.15, -0.1) is 50.5 Å². The monoisotopic (exact) mass is 326 g/mol. The molecule has 0 aliphatic heterocycles. The summed E-state index contributed by atoms with van der Waals surface area (Å²) in [7, 11) is 0. The Morgan fingerprint density at radius 2 is 1.11 bits per heavy atom. The molecule has 1 aromatic rings. The molecule has 0 fully saturated rings. The summed E-state index contributed by atoms with van der Waals surface area (Å²) in [5.74, 6) is 2.78. The highest BCUT2D eigenvalue weighted by Gasteiger charge is 2.15. The van der Waals surface area contributed by atoms with Crippen molar-refractivity contribution >= 4 is 50.5 Å². The molecular weight excluding hydrogens is 312 g/mol. The van der Waals surface area contributed by atoms with Crippen molar-refractivity contribution in [2.45, 2.75) is 0 Å². The van der Waals surface area contributed by atoms with Crippen molar-refractivity contribution in [3.8, 4) is 23.0 Å². The summed E-state index contributed by atoms with van der Waals surface area (Å²) in [4.78, 5) is 0. The van der Waals surface area contributed by atoms with E-state index >= 15 is 0 Å². The lowest BCUT2D eigenvalue weighted by atomic mass is 10.2. The molecule has 0 bridgehead atoms. The average molecular weight is 326 g/mol. The summed E-state index contributed by atoms with van der Waals surface area (Å²) in [6, 6.07) is 3.35. The third kappa shape index (κ3) is 4.49. The molecule has 1 aromatic carbocycles. The van der Waals surface area contributed by atoms with E-state index in [1.54, 1.807) is 12.1 Å². The van der Waals surface area contributed by atoms with E-state index in [0.717, 1.165) is 0 Å². The van der Waals surface area contributed by atoms with Crippen molar-refractivity contribution in [2.75, 3.05) is 23.8 Å². The van der Waals surface area contributed by atoms with Crippen molar-refractivity contribution in [3.63, 3.8) is 0 Å². The molecule has 4 nitrogen and oxygen atoms in total. The minimum absolute atomic E-state index is 0.193.